The van der Waals surface area contributed by atoms with Crippen molar-refractivity contribution in [2.75, 3.05) is 30.4 Å². The largest absolute Gasteiger partial charge is 0.463 e. The summed E-state index contributed by atoms with van der Waals surface area (Å²) in [4.78, 5) is 12.7. The van der Waals surface area contributed by atoms with Gasteiger partial charge < -0.3 is 20.5 Å². The lowest BCUT2D eigenvalue weighted by Gasteiger charge is -2.19. The zero-order valence-corrected chi connectivity index (χ0v) is 12.7. The van der Waals surface area contributed by atoms with Crippen LogP contribution in [0, 0.1) is 5.92 Å². The van der Waals surface area contributed by atoms with Crippen molar-refractivity contribution in [3.05, 3.63) is 0 Å². The molecule has 0 aromatic carbocycles. The number of aliphatic hydroxyl groups is 1. The average Bonchev–Trinajstić information content (AvgIpc) is 2.44. The van der Waals surface area contributed by atoms with Crippen LogP contribution in [-0.2, 0) is 0 Å². The second kappa shape index (κ2) is 8.52. The Kier molecular flexibility index (Phi) is 7.00. The number of nitrogens with zero attached hydrogens (tertiary/aromatic N) is 3. The molecule has 114 valence electrons. The SMILES string of the molecule is CCCOc1nc(NCC)nc(NC(C)C(C)CO)n1. The molecule has 0 aliphatic heterocycles. The van der Waals surface area contributed by atoms with Crippen LogP contribution in [0.5, 0.6) is 6.01 Å². The van der Waals surface area contributed by atoms with E-state index in [-0.39, 0.29) is 18.6 Å². The summed E-state index contributed by atoms with van der Waals surface area (Å²) in [6.07, 6.45) is 0.892. The van der Waals surface area contributed by atoms with Gasteiger partial charge >= 0.3 is 6.01 Å². The minimum atomic E-state index is 0.0518. The van der Waals surface area contributed by atoms with Crippen molar-refractivity contribution in [1.82, 2.24) is 15.0 Å². The van der Waals surface area contributed by atoms with Crippen LogP contribution in [0.3, 0.4) is 0 Å². The summed E-state index contributed by atoms with van der Waals surface area (Å²) < 4.78 is 5.46. The van der Waals surface area contributed by atoms with Gasteiger partial charge in [-0.05, 0) is 26.2 Å². The van der Waals surface area contributed by atoms with E-state index < -0.39 is 0 Å². The van der Waals surface area contributed by atoms with Gasteiger partial charge in [-0.2, -0.15) is 15.0 Å². The zero-order chi connectivity index (χ0) is 15.0. The number of rotatable bonds is 9. The highest BCUT2D eigenvalue weighted by Gasteiger charge is 2.14. The first-order valence-corrected chi connectivity index (χ1v) is 7.10. The van der Waals surface area contributed by atoms with Crippen molar-refractivity contribution in [3.8, 4) is 6.01 Å². The molecule has 0 aliphatic rings. The van der Waals surface area contributed by atoms with E-state index in [2.05, 4.69) is 25.6 Å². The predicted molar refractivity (Wildman–Crippen MR) is 79.1 cm³/mol. The Morgan fingerprint density at radius 3 is 2.45 bits per heavy atom. The molecule has 0 radical (unpaired) electrons. The highest BCUT2D eigenvalue weighted by atomic mass is 16.5. The summed E-state index contributed by atoms with van der Waals surface area (Å²) in [5.41, 5.74) is 0. The summed E-state index contributed by atoms with van der Waals surface area (Å²) in [5, 5.41) is 15.4. The van der Waals surface area contributed by atoms with E-state index >= 15 is 0 Å². The van der Waals surface area contributed by atoms with Crippen LogP contribution in [0.2, 0.25) is 0 Å². The van der Waals surface area contributed by atoms with Crippen molar-refractivity contribution in [2.45, 2.75) is 40.2 Å². The molecular formula is C13H25N5O2. The first-order chi connectivity index (χ1) is 9.60. The van der Waals surface area contributed by atoms with Crippen molar-refractivity contribution in [2.24, 2.45) is 5.92 Å². The molecule has 1 aromatic heterocycles. The lowest BCUT2D eigenvalue weighted by Crippen LogP contribution is -2.27. The fraction of sp³-hybridized carbons (Fsp3) is 0.769. The van der Waals surface area contributed by atoms with Crippen molar-refractivity contribution < 1.29 is 9.84 Å². The van der Waals surface area contributed by atoms with Gasteiger partial charge in [0, 0.05) is 19.2 Å². The topological polar surface area (TPSA) is 92.2 Å². The number of nitrogens with one attached hydrogen (secondary N) is 2. The summed E-state index contributed by atoms with van der Waals surface area (Å²) >= 11 is 0. The molecule has 20 heavy (non-hydrogen) atoms. The van der Waals surface area contributed by atoms with E-state index in [1.54, 1.807) is 0 Å². The molecule has 0 fully saturated rings. The fourth-order valence-corrected chi connectivity index (χ4v) is 1.42. The van der Waals surface area contributed by atoms with Gasteiger partial charge in [0.25, 0.3) is 0 Å². The molecule has 1 rings (SSSR count). The van der Waals surface area contributed by atoms with Gasteiger partial charge in [0.1, 0.15) is 0 Å². The smallest absolute Gasteiger partial charge is 0.323 e. The van der Waals surface area contributed by atoms with E-state index in [4.69, 9.17) is 9.84 Å². The van der Waals surface area contributed by atoms with Crippen LogP contribution in [0.25, 0.3) is 0 Å². The zero-order valence-electron chi connectivity index (χ0n) is 12.7. The van der Waals surface area contributed by atoms with E-state index in [1.807, 2.05) is 27.7 Å². The summed E-state index contributed by atoms with van der Waals surface area (Å²) in [6.45, 7) is 9.33. The van der Waals surface area contributed by atoms with Crippen molar-refractivity contribution in [1.29, 1.82) is 0 Å². The van der Waals surface area contributed by atoms with Gasteiger partial charge in [-0.15, -0.1) is 0 Å². The summed E-state index contributed by atoms with van der Waals surface area (Å²) in [6, 6.07) is 0.361. The number of anilines is 2. The average molecular weight is 283 g/mol. The molecule has 0 aliphatic carbocycles. The van der Waals surface area contributed by atoms with Gasteiger partial charge in [-0.25, -0.2) is 0 Å². The number of hydrogen-bond donors (Lipinski definition) is 3. The monoisotopic (exact) mass is 283 g/mol. The lowest BCUT2D eigenvalue weighted by molar-refractivity contribution is 0.226. The van der Waals surface area contributed by atoms with Crippen molar-refractivity contribution >= 4 is 11.9 Å². The van der Waals surface area contributed by atoms with Gasteiger partial charge in [-0.1, -0.05) is 13.8 Å². The third kappa shape index (κ3) is 5.16. The molecule has 0 saturated carbocycles. The van der Waals surface area contributed by atoms with Crippen molar-refractivity contribution in [3.63, 3.8) is 0 Å². The number of hydrogen-bond acceptors (Lipinski definition) is 7. The van der Waals surface area contributed by atoms with Gasteiger partial charge in [0.2, 0.25) is 11.9 Å². The maximum Gasteiger partial charge on any atom is 0.323 e. The van der Waals surface area contributed by atoms with E-state index in [0.29, 0.717) is 24.5 Å². The number of ether oxygens (including phenoxy) is 1. The van der Waals surface area contributed by atoms with Gasteiger partial charge in [0.15, 0.2) is 0 Å². The molecule has 0 saturated heterocycles. The number of aromatic nitrogens is 3. The molecule has 7 nitrogen and oxygen atoms in total. The van der Waals surface area contributed by atoms with Crippen LogP contribution in [0.15, 0.2) is 0 Å². The first kappa shape index (κ1) is 16.4. The predicted octanol–water partition coefficient (Wildman–Crippen LogP) is 1.52. The summed E-state index contributed by atoms with van der Waals surface area (Å²) in [7, 11) is 0. The third-order valence-corrected chi connectivity index (χ3v) is 2.88. The summed E-state index contributed by atoms with van der Waals surface area (Å²) in [5.74, 6) is 1.05. The Morgan fingerprint density at radius 1 is 1.15 bits per heavy atom. The third-order valence-electron chi connectivity index (χ3n) is 2.88. The standard InChI is InChI=1S/C13H25N5O2/c1-5-7-20-13-17-11(14-6-2)16-12(18-13)15-10(4)9(3)8-19/h9-10,19H,5-8H2,1-4H3,(H2,14,15,16,17,18). The number of aliphatic hydroxyl groups excluding tert-OH is 1. The lowest BCUT2D eigenvalue weighted by atomic mass is 10.1. The van der Waals surface area contributed by atoms with E-state index in [0.717, 1.165) is 13.0 Å². The first-order valence-electron chi connectivity index (χ1n) is 7.10. The molecule has 0 spiro atoms. The van der Waals surface area contributed by atoms with Crippen LogP contribution >= 0.6 is 0 Å². The fourth-order valence-electron chi connectivity index (χ4n) is 1.42. The van der Waals surface area contributed by atoms with Crippen LogP contribution in [-0.4, -0.2) is 45.9 Å². The quantitative estimate of drug-likeness (QED) is 0.632. The maximum atomic E-state index is 9.16. The molecule has 2 unspecified atom stereocenters. The van der Waals surface area contributed by atoms with E-state index in [1.165, 1.54) is 0 Å². The molecule has 0 bridgehead atoms. The molecule has 7 heteroatoms. The minimum Gasteiger partial charge on any atom is -0.463 e. The molecule has 1 aromatic rings. The molecular weight excluding hydrogens is 258 g/mol. The second-order valence-corrected chi connectivity index (χ2v) is 4.74. The molecule has 1 heterocycles. The van der Waals surface area contributed by atoms with Gasteiger partial charge in [0.05, 0.1) is 6.61 Å². The molecule has 0 amide bonds. The van der Waals surface area contributed by atoms with E-state index in [9.17, 15) is 0 Å². The second-order valence-electron chi connectivity index (χ2n) is 4.74. The Bertz CT molecular complexity index is 402. The minimum absolute atomic E-state index is 0.0518. The Hall–Kier alpha value is -1.63. The Labute approximate surface area is 120 Å². The maximum absolute atomic E-state index is 9.16. The Balaban J connectivity index is 2.84. The molecule has 2 atom stereocenters. The van der Waals surface area contributed by atoms with Crippen LogP contribution in [0.1, 0.15) is 34.1 Å². The van der Waals surface area contributed by atoms with Gasteiger partial charge in [-0.3, -0.25) is 0 Å². The van der Waals surface area contributed by atoms with Crippen LogP contribution < -0.4 is 15.4 Å². The normalized spacial score (nSPS) is 13.7. The molecule has 3 N–H and O–H groups in total. The Morgan fingerprint density at radius 2 is 1.85 bits per heavy atom. The highest BCUT2D eigenvalue weighted by Crippen LogP contribution is 2.14. The van der Waals surface area contributed by atoms with Crippen LogP contribution in [0.4, 0.5) is 11.9 Å². The highest BCUT2D eigenvalue weighted by molar-refractivity contribution is 5.36.